The molecule has 0 unspecified atom stereocenters. The van der Waals surface area contributed by atoms with Crippen LogP contribution in [0.25, 0.3) is 241 Å². The fourth-order valence-electron chi connectivity index (χ4n) is 25.3. The van der Waals surface area contributed by atoms with Crippen molar-refractivity contribution in [2.75, 3.05) is 0 Å². The fraction of sp³-hybridized carbons (Fsp3) is 0.0667. The molecular weight excluding hydrogens is 1620 g/mol. The van der Waals surface area contributed by atoms with Gasteiger partial charge in [0.2, 0.25) is 0 Å². The second-order valence-electron chi connectivity index (χ2n) is 38.8. The molecule has 25 aromatic rings. The smallest absolute Gasteiger partial charge is 0.0171 e. The van der Waals surface area contributed by atoms with Crippen LogP contribution in [0.1, 0.15) is 74.9 Å². The summed E-state index contributed by atoms with van der Waals surface area (Å²) >= 11 is 0. The van der Waals surface area contributed by atoms with Crippen LogP contribution in [-0.4, -0.2) is 0 Å². The van der Waals surface area contributed by atoms with Crippen molar-refractivity contribution in [3.8, 4) is 111 Å². The van der Waals surface area contributed by atoms with Crippen LogP contribution in [0.4, 0.5) is 0 Å². The topological polar surface area (TPSA) is 0 Å². The van der Waals surface area contributed by atoms with Crippen LogP contribution in [0.15, 0.2) is 461 Å². The minimum Gasteiger partial charge on any atom is -0.0622 e. The average Bonchev–Trinajstić information content (AvgIpc) is 1.59. The van der Waals surface area contributed by atoms with E-state index in [0.29, 0.717) is 0 Å². The highest BCUT2D eigenvalue weighted by Gasteiger charge is 2.43. The minimum absolute atomic E-state index is 0.136. The van der Waals surface area contributed by atoms with Crippen LogP contribution in [0.2, 0.25) is 0 Å². The van der Waals surface area contributed by atoms with E-state index in [4.69, 9.17) is 0 Å². The van der Waals surface area contributed by atoms with Gasteiger partial charge in [0.25, 0.3) is 0 Å². The van der Waals surface area contributed by atoms with Gasteiger partial charge < -0.3 is 0 Å². The number of rotatable bonds is 7. The van der Waals surface area contributed by atoms with E-state index in [-0.39, 0.29) is 16.2 Å². The summed E-state index contributed by atoms with van der Waals surface area (Å²) in [5.41, 5.74) is 34.4. The van der Waals surface area contributed by atoms with E-state index in [1.807, 2.05) is 0 Å². The van der Waals surface area contributed by atoms with Crippen molar-refractivity contribution in [1.82, 2.24) is 0 Å². The lowest BCUT2D eigenvalue weighted by atomic mass is 9.75. The standard InChI is InChI=1S/C53H36.C43H30.C39H28/c1-53(2)51-36-19-6-3-16-33(36)30-31-46(51)45-28-15-29-47(52(45)53)50-43-26-13-11-24-41(43)49(42-25-12-14-27-44(42)50)40-23-10-9-22-39(40)48-32-34-17-4-5-18-35(34)37-20-7-8-21-38(37)48;1-43(2)41-30-17-6-4-14-28(30)25-26-37(41)36-23-12-24-38(42(36)43)40-34-20-9-7-18-32(34)39(33-19-8-10-21-35(33)40)31-22-11-15-27-13-3-5-16-29(27)31;1-39(2)37-27-16-7-6-13-25(27)23-24-33(37)32-21-12-22-34(38(32)39)36-30-19-10-8-17-28(30)35(26-14-4-3-5-15-26)29-18-9-11-20-31(29)36/h3-32H,1-2H3;3-26H,1-2H3;3-24H,1-2H3. The van der Waals surface area contributed by atoms with E-state index in [1.165, 1.54) is 274 Å². The molecular formula is C135H94. The van der Waals surface area contributed by atoms with Gasteiger partial charge in [0.15, 0.2) is 0 Å². The molecule has 0 fully saturated rings. The van der Waals surface area contributed by atoms with Gasteiger partial charge in [0, 0.05) is 16.2 Å². The molecule has 0 atom stereocenters. The molecule has 0 amide bonds. The predicted molar refractivity (Wildman–Crippen MR) is 580 cm³/mol. The molecule has 28 rings (SSSR count). The summed E-state index contributed by atoms with van der Waals surface area (Å²) in [6, 6.07) is 171. The SMILES string of the molecule is CC1(C)c2c(cccc2-c2c3ccccc3c(-c3cccc4ccccc34)c3ccccc23)-c2ccc3ccccc3c21.CC1(C)c2c(cccc2-c2c3ccccc3c(-c3ccccc3)c3ccccc23)-c2ccc3ccccc3c21.CC1(C)c2c(cccc2-c2c3ccccc3c(-c3ccccc3-c3cc4ccccc4c4ccccc34)c3ccccc23)-c2ccc3ccccc3c21. The second kappa shape index (κ2) is 30.9. The van der Waals surface area contributed by atoms with Crippen LogP contribution in [0, 0.1) is 0 Å². The summed E-state index contributed by atoms with van der Waals surface area (Å²) in [6.07, 6.45) is 0. The van der Waals surface area contributed by atoms with Crippen molar-refractivity contribution >= 4 is 129 Å². The van der Waals surface area contributed by atoms with Crippen molar-refractivity contribution < 1.29 is 0 Å². The molecule has 0 saturated heterocycles. The Morgan fingerprint density at radius 2 is 0.333 bits per heavy atom. The second-order valence-corrected chi connectivity index (χ2v) is 38.8. The Morgan fingerprint density at radius 3 is 0.704 bits per heavy atom. The summed E-state index contributed by atoms with van der Waals surface area (Å²) in [5, 5.41) is 31.2. The average molecular weight is 1720 g/mol. The van der Waals surface area contributed by atoms with Gasteiger partial charge in [-0.15, -0.1) is 0 Å². The zero-order valence-electron chi connectivity index (χ0n) is 76.4. The van der Waals surface area contributed by atoms with Crippen molar-refractivity contribution in [3.05, 3.63) is 494 Å². The van der Waals surface area contributed by atoms with Gasteiger partial charge in [-0.2, -0.15) is 0 Å². The molecule has 135 heavy (non-hydrogen) atoms. The molecule has 25 aromatic carbocycles. The first-order valence-electron chi connectivity index (χ1n) is 47.7. The van der Waals surface area contributed by atoms with Gasteiger partial charge in [0.1, 0.15) is 0 Å². The molecule has 0 saturated carbocycles. The lowest BCUT2D eigenvalue weighted by Gasteiger charge is -2.27. The number of benzene rings is 25. The molecule has 0 spiro atoms. The third-order valence-electron chi connectivity index (χ3n) is 30.6. The summed E-state index contributed by atoms with van der Waals surface area (Å²) in [4.78, 5) is 0. The lowest BCUT2D eigenvalue weighted by Crippen LogP contribution is -2.17. The fourth-order valence-corrected chi connectivity index (χ4v) is 25.3. The number of hydrogen-bond acceptors (Lipinski definition) is 0. The molecule has 0 aliphatic heterocycles. The molecule has 3 aliphatic carbocycles. The van der Waals surface area contributed by atoms with E-state index in [9.17, 15) is 0 Å². The molecule has 0 aromatic heterocycles. The molecule has 634 valence electrons. The van der Waals surface area contributed by atoms with Crippen LogP contribution in [-0.2, 0) is 16.2 Å². The number of hydrogen-bond donors (Lipinski definition) is 0. The third kappa shape index (κ3) is 12.0. The van der Waals surface area contributed by atoms with E-state index >= 15 is 0 Å². The molecule has 0 radical (unpaired) electrons. The number of fused-ring (bicyclic) bond motifs is 25. The summed E-state index contributed by atoms with van der Waals surface area (Å²) in [7, 11) is 0. The normalized spacial score (nSPS) is 13.4. The first-order chi connectivity index (χ1) is 66.4. The Hall–Kier alpha value is -16.4. The summed E-state index contributed by atoms with van der Waals surface area (Å²) < 4.78 is 0. The van der Waals surface area contributed by atoms with Gasteiger partial charge in [-0.05, 0) is 280 Å². The zero-order valence-corrected chi connectivity index (χ0v) is 76.4. The summed E-state index contributed by atoms with van der Waals surface area (Å²) in [6.45, 7) is 14.5. The zero-order chi connectivity index (χ0) is 90.1. The van der Waals surface area contributed by atoms with Crippen molar-refractivity contribution in [3.63, 3.8) is 0 Å². The molecule has 0 N–H and O–H groups in total. The van der Waals surface area contributed by atoms with Crippen LogP contribution < -0.4 is 0 Å². The maximum absolute atomic E-state index is 2.43. The summed E-state index contributed by atoms with van der Waals surface area (Å²) in [5.74, 6) is 0. The molecule has 0 heterocycles. The highest BCUT2D eigenvalue weighted by Crippen LogP contribution is 2.62. The van der Waals surface area contributed by atoms with Crippen LogP contribution >= 0.6 is 0 Å². The minimum atomic E-state index is -0.188. The maximum Gasteiger partial charge on any atom is 0.0171 e. The Bertz CT molecular complexity index is 9150. The van der Waals surface area contributed by atoms with Crippen molar-refractivity contribution in [1.29, 1.82) is 0 Å². The Kier molecular flexibility index (Phi) is 18.2. The maximum atomic E-state index is 2.43. The third-order valence-corrected chi connectivity index (χ3v) is 30.6. The molecule has 3 aliphatic rings. The van der Waals surface area contributed by atoms with E-state index in [2.05, 4.69) is 503 Å². The van der Waals surface area contributed by atoms with Crippen molar-refractivity contribution in [2.24, 2.45) is 0 Å². The van der Waals surface area contributed by atoms with Crippen molar-refractivity contribution in [2.45, 2.75) is 57.8 Å². The lowest BCUT2D eigenvalue weighted by molar-refractivity contribution is 0.668. The molecule has 0 bridgehead atoms. The Morgan fingerprint density at radius 1 is 0.111 bits per heavy atom. The monoisotopic (exact) mass is 1710 g/mol. The highest BCUT2D eigenvalue weighted by molar-refractivity contribution is 6.28. The largest absolute Gasteiger partial charge is 0.0622 e. The predicted octanol–water partition coefficient (Wildman–Crippen LogP) is 37.5. The van der Waals surface area contributed by atoms with E-state index in [0.717, 1.165) is 0 Å². The highest BCUT2D eigenvalue weighted by atomic mass is 14.5. The molecule has 0 heteroatoms. The van der Waals surface area contributed by atoms with Gasteiger partial charge >= 0.3 is 0 Å². The van der Waals surface area contributed by atoms with Gasteiger partial charge in [-0.25, -0.2) is 0 Å². The van der Waals surface area contributed by atoms with Crippen LogP contribution in [0.3, 0.4) is 0 Å². The molecule has 0 nitrogen and oxygen atoms in total. The van der Waals surface area contributed by atoms with E-state index < -0.39 is 0 Å². The van der Waals surface area contributed by atoms with Gasteiger partial charge in [-0.1, -0.05) is 497 Å². The Balaban J connectivity index is 0.000000107. The first-order valence-corrected chi connectivity index (χ1v) is 47.7. The van der Waals surface area contributed by atoms with Crippen LogP contribution in [0.5, 0.6) is 0 Å². The quantitative estimate of drug-likeness (QED) is 0.110. The van der Waals surface area contributed by atoms with Gasteiger partial charge in [0.05, 0.1) is 0 Å². The Labute approximate surface area is 787 Å². The first kappa shape index (κ1) is 79.6. The van der Waals surface area contributed by atoms with E-state index in [1.54, 1.807) is 0 Å². The van der Waals surface area contributed by atoms with Gasteiger partial charge in [-0.3, -0.25) is 0 Å².